The minimum absolute atomic E-state index is 0.434. The highest BCUT2D eigenvalue weighted by Crippen LogP contribution is 2.54. The van der Waals surface area contributed by atoms with Crippen LogP contribution in [-0.4, -0.2) is 0 Å². The van der Waals surface area contributed by atoms with Crippen LogP contribution in [0.1, 0.15) is 144 Å². The lowest BCUT2D eigenvalue weighted by atomic mass is 9.67. The van der Waals surface area contributed by atoms with Gasteiger partial charge in [-0.15, -0.1) is 0 Å². The molecule has 2 aliphatic rings. The molecule has 0 aromatic carbocycles. The van der Waals surface area contributed by atoms with E-state index in [1.165, 1.54) is 70.6 Å². The minimum atomic E-state index is 0.434. The molecular formula is C28H54. The summed E-state index contributed by atoms with van der Waals surface area (Å²) >= 11 is 0. The summed E-state index contributed by atoms with van der Waals surface area (Å²) < 4.78 is 0. The molecule has 2 saturated carbocycles. The van der Waals surface area contributed by atoms with Crippen LogP contribution in [0.15, 0.2) is 0 Å². The highest BCUT2D eigenvalue weighted by Gasteiger charge is 2.44. The van der Waals surface area contributed by atoms with Gasteiger partial charge in [0.25, 0.3) is 0 Å². The van der Waals surface area contributed by atoms with Crippen molar-refractivity contribution >= 4 is 0 Å². The molecule has 2 aliphatic carbocycles. The lowest BCUT2D eigenvalue weighted by Gasteiger charge is -2.39. The molecule has 0 aromatic heterocycles. The van der Waals surface area contributed by atoms with Gasteiger partial charge >= 0.3 is 0 Å². The standard InChI is InChI=1S/C28H54/c1-7-8-14-17-23-20-25(23)22-26-21-24(26)18-15-12-10-9-11-13-16-19-28(5,6)27(2,3)4/h23-26H,7-22H2,1-6H3. The first-order chi connectivity index (χ1) is 13.2. The molecular weight excluding hydrogens is 336 g/mol. The molecule has 166 valence electrons. The van der Waals surface area contributed by atoms with E-state index in [0.717, 1.165) is 23.7 Å². The maximum atomic E-state index is 2.45. The predicted molar refractivity (Wildman–Crippen MR) is 127 cm³/mol. The summed E-state index contributed by atoms with van der Waals surface area (Å²) in [7, 11) is 0. The van der Waals surface area contributed by atoms with Crippen LogP contribution in [0.25, 0.3) is 0 Å². The van der Waals surface area contributed by atoms with Gasteiger partial charge in [0.05, 0.1) is 0 Å². The fraction of sp³-hybridized carbons (Fsp3) is 1.00. The third kappa shape index (κ3) is 8.79. The van der Waals surface area contributed by atoms with Gasteiger partial charge in [-0.1, -0.05) is 119 Å². The van der Waals surface area contributed by atoms with Gasteiger partial charge in [-0.25, -0.2) is 0 Å². The highest BCUT2D eigenvalue weighted by atomic mass is 14.5. The topological polar surface area (TPSA) is 0 Å². The summed E-state index contributed by atoms with van der Waals surface area (Å²) in [6.07, 6.45) is 23.9. The molecule has 0 radical (unpaired) electrons. The smallest absolute Gasteiger partial charge is 0.0306 e. The number of hydrogen-bond donors (Lipinski definition) is 0. The SMILES string of the molecule is CCCCCC1CC1CC1CC1CCCCCCCCCC(C)(C)C(C)(C)C. The van der Waals surface area contributed by atoms with E-state index in [2.05, 4.69) is 41.5 Å². The van der Waals surface area contributed by atoms with Gasteiger partial charge in [0.1, 0.15) is 0 Å². The van der Waals surface area contributed by atoms with Crippen molar-refractivity contribution in [1.29, 1.82) is 0 Å². The van der Waals surface area contributed by atoms with Crippen molar-refractivity contribution in [2.24, 2.45) is 34.5 Å². The van der Waals surface area contributed by atoms with Crippen molar-refractivity contribution in [2.75, 3.05) is 0 Å². The van der Waals surface area contributed by atoms with Crippen LogP contribution in [0.5, 0.6) is 0 Å². The van der Waals surface area contributed by atoms with E-state index in [1.54, 1.807) is 32.1 Å². The summed E-state index contributed by atoms with van der Waals surface area (Å²) in [4.78, 5) is 0. The van der Waals surface area contributed by atoms with Crippen LogP contribution in [0, 0.1) is 34.5 Å². The first-order valence-electron chi connectivity index (χ1n) is 13.2. The Hall–Kier alpha value is 0. The Morgan fingerprint density at radius 3 is 1.54 bits per heavy atom. The third-order valence-electron chi connectivity index (χ3n) is 8.83. The summed E-state index contributed by atoms with van der Waals surface area (Å²) in [6, 6.07) is 0. The molecule has 0 bridgehead atoms. The summed E-state index contributed by atoms with van der Waals surface area (Å²) in [6.45, 7) is 14.4. The van der Waals surface area contributed by atoms with Gasteiger partial charge in [0.2, 0.25) is 0 Å². The maximum Gasteiger partial charge on any atom is -0.0306 e. The quantitative estimate of drug-likeness (QED) is 0.230. The van der Waals surface area contributed by atoms with E-state index >= 15 is 0 Å². The number of hydrogen-bond acceptors (Lipinski definition) is 0. The molecule has 4 unspecified atom stereocenters. The number of rotatable bonds is 16. The zero-order chi connectivity index (χ0) is 20.6. The van der Waals surface area contributed by atoms with Gasteiger partial charge < -0.3 is 0 Å². The van der Waals surface area contributed by atoms with Crippen LogP contribution in [0.2, 0.25) is 0 Å². The van der Waals surface area contributed by atoms with Crippen molar-refractivity contribution in [1.82, 2.24) is 0 Å². The Labute approximate surface area is 179 Å². The molecule has 0 heteroatoms. The molecule has 0 nitrogen and oxygen atoms in total. The Morgan fingerprint density at radius 1 is 0.571 bits per heavy atom. The maximum absolute atomic E-state index is 2.45. The lowest BCUT2D eigenvalue weighted by Crippen LogP contribution is -2.29. The molecule has 0 heterocycles. The molecule has 0 amide bonds. The van der Waals surface area contributed by atoms with Gasteiger partial charge in [0.15, 0.2) is 0 Å². The van der Waals surface area contributed by atoms with E-state index in [9.17, 15) is 0 Å². The van der Waals surface area contributed by atoms with Crippen molar-refractivity contribution < 1.29 is 0 Å². The molecule has 0 N–H and O–H groups in total. The van der Waals surface area contributed by atoms with E-state index in [1.807, 2.05) is 0 Å². The molecule has 28 heavy (non-hydrogen) atoms. The Kier molecular flexibility index (Phi) is 9.89. The second-order valence-corrected chi connectivity index (χ2v) is 12.4. The van der Waals surface area contributed by atoms with Crippen LogP contribution in [0.3, 0.4) is 0 Å². The van der Waals surface area contributed by atoms with Crippen molar-refractivity contribution in [3.8, 4) is 0 Å². The molecule has 0 saturated heterocycles. The zero-order valence-corrected chi connectivity index (χ0v) is 20.6. The monoisotopic (exact) mass is 390 g/mol. The van der Waals surface area contributed by atoms with Crippen LogP contribution in [-0.2, 0) is 0 Å². The molecule has 0 aromatic rings. The lowest BCUT2D eigenvalue weighted by molar-refractivity contribution is 0.115. The summed E-state index contributed by atoms with van der Waals surface area (Å²) in [5.41, 5.74) is 0.910. The van der Waals surface area contributed by atoms with Crippen molar-refractivity contribution in [2.45, 2.75) is 144 Å². The van der Waals surface area contributed by atoms with Crippen LogP contribution >= 0.6 is 0 Å². The summed E-state index contributed by atoms with van der Waals surface area (Å²) in [5, 5.41) is 0. The molecule has 2 fully saturated rings. The van der Waals surface area contributed by atoms with Gasteiger partial charge in [-0.3, -0.25) is 0 Å². The molecule has 4 atom stereocenters. The van der Waals surface area contributed by atoms with E-state index in [4.69, 9.17) is 0 Å². The summed E-state index contributed by atoms with van der Waals surface area (Å²) in [5.74, 6) is 4.57. The number of unbranched alkanes of at least 4 members (excludes halogenated alkanes) is 8. The van der Waals surface area contributed by atoms with Gasteiger partial charge in [-0.2, -0.15) is 0 Å². The highest BCUT2D eigenvalue weighted by molar-refractivity contribution is 4.94. The first-order valence-corrected chi connectivity index (χ1v) is 13.2. The fourth-order valence-electron chi connectivity index (χ4n) is 5.18. The second kappa shape index (κ2) is 11.4. The van der Waals surface area contributed by atoms with E-state index in [0.29, 0.717) is 10.8 Å². The zero-order valence-electron chi connectivity index (χ0n) is 20.6. The molecule has 0 spiro atoms. The normalized spacial score (nSPS) is 27.2. The Bertz CT molecular complexity index is 412. The molecule has 2 rings (SSSR count). The predicted octanol–water partition coefficient (Wildman–Crippen LogP) is 9.81. The van der Waals surface area contributed by atoms with E-state index in [-0.39, 0.29) is 0 Å². The van der Waals surface area contributed by atoms with Gasteiger partial charge in [-0.05, 0) is 60.2 Å². The third-order valence-corrected chi connectivity index (χ3v) is 8.83. The average molecular weight is 391 g/mol. The molecule has 0 aliphatic heterocycles. The fourth-order valence-corrected chi connectivity index (χ4v) is 5.18. The van der Waals surface area contributed by atoms with Crippen molar-refractivity contribution in [3.05, 3.63) is 0 Å². The average Bonchev–Trinajstić information content (AvgIpc) is 3.52. The van der Waals surface area contributed by atoms with E-state index < -0.39 is 0 Å². The van der Waals surface area contributed by atoms with Crippen molar-refractivity contribution in [3.63, 3.8) is 0 Å². The Morgan fingerprint density at radius 2 is 1.04 bits per heavy atom. The first kappa shape index (κ1) is 24.3. The minimum Gasteiger partial charge on any atom is -0.0654 e. The van der Waals surface area contributed by atoms with Crippen LogP contribution < -0.4 is 0 Å². The second-order valence-electron chi connectivity index (χ2n) is 12.4. The van der Waals surface area contributed by atoms with Crippen LogP contribution in [0.4, 0.5) is 0 Å². The largest absolute Gasteiger partial charge is 0.0654 e. The Balaban J connectivity index is 1.35. The van der Waals surface area contributed by atoms with Gasteiger partial charge in [0, 0.05) is 0 Å².